The Kier molecular flexibility index (Phi) is 11.8. The van der Waals surface area contributed by atoms with Gasteiger partial charge in [0.2, 0.25) is 0 Å². The lowest BCUT2D eigenvalue weighted by molar-refractivity contribution is -0.112. The number of thiophene rings is 1. The predicted octanol–water partition coefficient (Wildman–Crippen LogP) is 7.23. The number of rotatable bonds is 12. The van der Waals surface area contributed by atoms with Crippen molar-refractivity contribution in [3.63, 3.8) is 0 Å². The molecule has 0 radical (unpaired) electrons. The Labute approximate surface area is 294 Å². The van der Waals surface area contributed by atoms with E-state index in [-0.39, 0.29) is 24.3 Å². The maximum Gasteiger partial charge on any atom is 0.258 e. The molecule has 1 aromatic heterocycles. The van der Waals surface area contributed by atoms with Gasteiger partial charge in [0.25, 0.3) is 11.8 Å². The van der Waals surface area contributed by atoms with E-state index in [1.54, 1.807) is 29.5 Å². The molecule has 2 amide bonds. The van der Waals surface area contributed by atoms with Gasteiger partial charge in [-0.3, -0.25) is 9.59 Å². The summed E-state index contributed by atoms with van der Waals surface area (Å²) in [5, 5.41) is 8.51. The van der Waals surface area contributed by atoms with E-state index in [0.29, 0.717) is 54.0 Å². The summed E-state index contributed by atoms with van der Waals surface area (Å²) in [5.41, 5.74) is 4.60. The number of nitrogens with zero attached hydrogens (tertiary/aromatic N) is 2. The van der Waals surface area contributed by atoms with Crippen LogP contribution in [0.15, 0.2) is 72.1 Å². The second-order valence-electron chi connectivity index (χ2n) is 13.4. The van der Waals surface area contributed by atoms with Crippen LogP contribution in [0.1, 0.15) is 76.6 Å². The van der Waals surface area contributed by atoms with Gasteiger partial charge in [0.1, 0.15) is 12.0 Å². The van der Waals surface area contributed by atoms with Gasteiger partial charge in [0.05, 0.1) is 18.0 Å². The summed E-state index contributed by atoms with van der Waals surface area (Å²) in [6.45, 7) is 5.74. The highest BCUT2D eigenvalue weighted by Crippen LogP contribution is 2.35. The number of ether oxygens (including phenoxy) is 1. The monoisotopic (exact) mass is 680 g/mol. The molecule has 2 N–H and O–H groups in total. The molecule has 1 aliphatic carbocycles. The van der Waals surface area contributed by atoms with E-state index in [1.165, 1.54) is 4.88 Å². The number of amides is 2. The van der Waals surface area contributed by atoms with Crippen LogP contribution in [0.4, 0.5) is 11.4 Å². The maximum absolute atomic E-state index is 14.0. The molecule has 2 aromatic carbocycles. The fourth-order valence-electron chi connectivity index (χ4n) is 7.16. The number of carbonyl (C=O) groups excluding carboxylic acids is 3. The SMILES string of the molecule is CNC1CCN(CC(C=O)CCOc2cc(C(=O)N3CCCCc4sccc43)ccc2NC(=O)c2ccccc2C2=CC=CCC2C)CC1. The second-order valence-corrected chi connectivity index (χ2v) is 14.4. The predicted molar refractivity (Wildman–Crippen MR) is 199 cm³/mol. The van der Waals surface area contributed by atoms with Crippen molar-refractivity contribution < 1.29 is 19.1 Å². The molecule has 3 aromatic rings. The lowest BCUT2D eigenvalue weighted by Gasteiger charge is -2.33. The number of fused-ring (bicyclic) bond motifs is 1. The van der Waals surface area contributed by atoms with Gasteiger partial charge < -0.3 is 30.0 Å². The minimum Gasteiger partial charge on any atom is -0.491 e. The van der Waals surface area contributed by atoms with E-state index in [0.717, 1.165) is 74.7 Å². The van der Waals surface area contributed by atoms with E-state index in [4.69, 9.17) is 4.74 Å². The summed E-state index contributed by atoms with van der Waals surface area (Å²) in [6.07, 6.45) is 13.9. The average molecular weight is 681 g/mol. The molecule has 0 spiro atoms. The fourth-order valence-corrected chi connectivity index (χ4v) is 8.09. The Balaban J connectivity index is 1.22. The third-order valence-electron chi connectivity index (χ3n) is 10.1. The smallest absolute Gasteiger partial charge is 0.258 e. The van der Waals surface area contributed by atoms with Crippen LogP contribution in [0.3, 0.4) is 0 Å². The van der Waals surface area contributed by atoms with Gasteiger partial charge in [0, 0.05) is 41.1 Å². The zero-order chi connectivity index (χ0) is 34.2. The topological polar surface area (TPSA) is 91.0 Å². The van der Waals surface area contributed by atoms with E-state index >= 15 is 0 Å². The quantitative estimate of drug-likeness (QED) is 0.196. The minimum atomic E-state index is -0.242. The summed E-state index contributed by atoms with van der Waals surface area (Å²) in [6, 6.07) is 15.5. The Morgan fingerprint density at radius 1 is 1.08 bits per heavy atom. The Morgan fingerprint density at radius 3 is 2.71 bits per heavy atom. The first-order chi connectivity index (χ1) is 23.9. The molecular formula is C40H48N4O4S. The number of benzene rings is 2. The largest absolute Gasteiger partial charge is 0.491 e. The standard InChI is InChI=1S/C40H48N4O4S/c1-28-9-3-4-10-32(28)33-11-5-6-12-34(33)39(46)42-35-15-14-30(40(47)44-20-8-7-13-38-36(44)19-24-49-38)25-37(35)48-23-18-29(27-45)26-43-21-16-31(41-2)17-22-43/h3-6,10-12,14-15,19,24-25,27-29,31,41H,7-9,13,16-18,20-23,26H2,1-2H3,(H,42,46). The van der Waals surface area contributed by atoms with Crippen molar-refractivity contribution in [1.29, 1.82) is 0 Å². The lowest BCUT2D eigenvalue weighted by atomic mass is 9.86. The number of likely N-dealkylation sites (tertiary alicyclic amines) is 1. The molecule has 0 saturated carbocycles. The van der Waals surface area contributed by atoms with E-state index in [1.807, 2.05) is 53.7 Å². The van der Waals surface area contributed by atoms with Gasteiger partial charge in [-0.15, -0.1) is 11.3 Å². The van der Waals surface area contributed by atoms with Gasteiger partial charge >= 0.3 is 0 Å². The first kappa shape index (κ1) is 34.8. The third kappa shape index (κ3) is 8.40. The zero-order valence-corrected chi connectivity index (χ0v) is 29.5. The lowest BCUT2D eigenvalue weighted by Crippen LogP contribution is -2.43. The van der Waals surface area contributed by atoms with Crippen molar-refractivity contribution in [1.82, 2.24) is 10.2 Å². The molecule has 6 rings (SSSR count). The van der Waals surface area contributed by atoms with Crippen molar-refractivity contribution in [2.75, 3.05) is 50.1 Å². The Morgan fingerprint density at radius 2 is 1.92 bits per heavy atom. The van der Waals surface area contributed by atoms with Crippen molar-refractivity contribution in [3.8, 4) is 5.75 Å². The highest BCUT2D eigenvalue weighted by molar-refractivity contribution is 7.10. The average Bonchev–Trinajstić information content (AvgIpc) is 3.50. The van der Waals surface area contributed by atoms with Gasteiger partial charge in [-0.05, 0) is 118 Å². The van der Waals surface area contributed by atoms with E-state index in [2.05, 4.69) is 34.6 Å². The maximum atomic E-state index is 14.0. The molecule has 3 heterocycles. The van der Waals surface area contributed by atoms with Gasteiger partial charge in [-0.25, -0.2) is 0 Å². The molecule has 2 unspecified atom stereocenters. The molecule has 258 valence electrons. The number of nitrogens with one attached hydrogen (secondary N) is 2. The van der Waals surface area contributed by atoms with Crippen LogP contribution in [0.2, 0.25) is 0 Å². The molecule has 49 heavy (non-hydrogen) atoms. The number of aryl methyl sites for hydroxylation is 1. The fraction of sp³-hybridized carbons (Fsp3) is 0.425. The third-order valence-corrected chi connectivity index (χ3v) is 11.1. The first-order valence-electron chi connectivity index (χ1n) is 17.7. The van der Waals surface area contributed by atoms with Crippen LogP contribution in [0.25, 0.3) is 5.57 Å². The summed E-state index contributed by atoms with van der Waals surface area (Å²) in [7, 11) is 2.00. The normalized spacial score (nSPS) is 19.0. The summed E-state index contributed by atoms with van der Waals surface area (Å²) < 4.78 is 6.36. The molecule has 9 heteroatoms. The number of anilines is 2. The van der Waals surface area contributed by atoms with Crippen molar-refractivity contribution in [2.45, 2.75) is 57.9 Å². The summed E-state index contributed by atoms with van der Waals surface area (Å²) >= 11 is 1.70. The van der Waals surface area contributed by atoms with Crippen LogP contribution in [0, 0.1) is 11.8 Å². The Bertz CT molecular complexity index is 1690. The van der Waals surface area contributed by atoms with Gasteiger partial charge in [-0.1, -0.05) is 43.4 Å². The molecule has 3 aliphatic rings. The number of hydrogen-bond acceptors (Lipinski definition) is 7. The second kappa shape index (κ2) is 16.6. The van der Waals surface area contributed by atoms with Crippen LogP contribution >= 0.6 is 11.3 Å². The summed E-state index contributed by atoms with van der Waals surface area (Å²) in [4.78, 5) is 45.5. The number of carbonyl (C=O) groups is 3. The molecule has 2 aliphatic heterocycles. The van der Waals surface area contributed by atoms with E-state index < -0.39 is 0 Å². The van der Waals surface area contributed by atoms with Crippen LogP contribution in [-0.4, -0.2) is 68.9 Å². The molecule has 0 bridgehead atoms. The molecule has 2 atom stereocenters. The Hall–Kier alpha value is -4.05. The minimum absolute atomic E-state index is 0.0864. The van der Waals surface area contributed by atoms with Crippen molar-refractivity contribution in [3.05, 3.63) is 93.7 Å². The molecule has 8 nitrogen and oxygen atoms in total. The van der Waals surface area contributed by atoms with E-state index in [9.17, 15) is 14.4 Å². The van der Waals surface area contributed by atoms with Crippen molar-refractivity contribution in [2.24, 2.45) is 11.8 Å². The molecule has 1 fully saturated rings. The first-order valence-corrected chi connectivity index (χ1v) is 18.6. The highest BCUT2D eigenvalue weighted by atomic mass is 32.1. The zero-order valence-electron chi connectivity index (χ0n) is 28.7. The molecule has 1 saturated heterocycles. The van der Waals surface area contributed by atoms with Crippen LogP contribution in [-0.2, 0) is 11.2 Å². The number of allylic oxidation sites excluding steroid dienone is 4. The number of aldehydes is 1. The highest BCUT2D eigenvalue weighted by Gasteiger charge is 2.26. The molecular weight excluding hydrogens is 633 g/mol. The van der Waals surface area contributed by atoms with Gasteiger partial charge in [0.15, 0.2) is 0 Å². The van der Waals surface area contributed by atoms with Crippen LogP contribution in [0.5, 0.6) is 5.75 Å². The van der Waals surface area contributed by atoms with Crippen molar-refractivity contribution >= 4 is 46.4 Å². The van der Waals surface area contributed by atoms with Gasteiger partial charge in [-0.2, -0.15) is 0 Å². The number of hydrogen-bond donors (Lipinski definition) is 2. The van der Waals surface area contributed by atoms with Crippen LogP contribution < -0.4 is 20.3 Å². The summed E-state index contributed by atoms with van der Waals surface area (Å²) in [5.74, 6) is 0.218. The number of piperidine rings is 1.